The van der Waals surface area contributed by atoms with Gasteiger partial charge in [-0.2, -0.15) is 0 Å². The van der Waals surface area contributed by atoms with E-state index in [1.807, 2.05) is 6.07 Å². The average Bonchev–Trinajstić information content (AvgIpc) is 2.70. The van der Waals surface area contributed by atoms with Crippen molar-refractivity contribution in [3.05, 3.63) is 71.1 Å². The zero-order chi connectivity index (χ0) is 19.0. The van der Waals surface area contributed by atoms with Crippen LogP contribution >= 0.6 is 11.6 Å². The molecule has 0 spiro atoms. The lowest BCUT2D eigenvalue weighted by atomic mass is 10.1. The highest BCUT2D eigenvalue weighted by molar-refractivity contribution is 6.31. The largest absolute Gasteiger partial charge is 0.359 e. The molecule has 0 radical (unpaired) electrons. The van der Waals surface area contributed by atoms with Gasteiger partial charge in [0.2, 0.25) is 5.91 Å². The van der Waals surface area contributed by atoms with E-state index < -0.39 is 11.6 Å². The Morgan fingerprint density at radius 2 is 1.96 bits per heavy atom. The Kier molecular flexibility index (Phi) is 4.45. The Bertz CT molecular complexity index is 1030. The molecule has 27 heavy (non-hydrogen) atoms. The van der Waals surface area contributed by atoms with Gasteiger partial charge >= 0.3 is 0 Å². The van der Waals surface area contributed by atoms with Gasteiger partial charge in [0.15, 0.2) is 5.82 Å². The number of pyridine rings is 2. The van der Waals surface area contributed by atoms with E-state index in [1.54, 1.807) is 30.7 Å². The number of benzene rings is 1. The molecule has 0 atom stereocenters. The standard InChI is InChI=1S/C19H13ClF2N4O/c20-18-13(14(21)3-4-15(18)22)10-26-16-6-12(11-2-1-5-23-7-11)8-24-19(16)25-9-17(26)27/h1-8H,9-10H2,(H,24,25). The van der Waals surface area contributed by atoms with Crippen LogP contribution < -0.4 is 10.2 Å². The fraction of sp³-hybridized carbons (Fsp3) is 0.105. The molecule has 3 heterocycles. The van der Waals surface area contributed by atoms with E-state index in [9.17, 15) is 13.6 Å². The molecule has 1 amide bonds. The van der Waals surface area contributed by atoms with Crippen LogP contribution in [0.1, 0.15) is 5.56 Å². The van der Waals surface area contributed by atoms with Crippen LogP contribution in [0.25, 0.3) is 11.1 Å². The first kappa shape index (κ1) is 17.4. The van der Waals surface area contributed by atoms with Crippen LogP contribution in [0.5, 0.6) is 0 Å². The van der Waals surface area contributed by atoms with Crippen LogP contribution in [0.4, 0.5) is 20.3 Å². The first-order valence-electron chi connectivity index (χ1n) is 8.11. The minimum Gasteiger partial charge on any atom is -0.359 e. The van der Waals surface area contributed by atoms with Gasteiger partial charge in [-0.3, -0.25) is 9.78 Å². The van der Waals surface area contributed by atoms with Crippen LogP contribution in [0.3, 0.4) is 0 Å². The van der Waals surface area contributed by atoms with E-state index >= 15 is 0 Å². The predicted octanol–water partition coefficient (Wildman–Crippen LogP) is 4.03. The molecule has 0 saturated carbocycles. The maximum atomic E-state index is 14.2. The second-order valence-electron chi connectivity index (χ2n) is 5.99. The van der Waals surface area contributed by atoms with Crippen LogP contribution in [-0.4, -0.2) is 22.4 Å². The lowest BCUT2D eigenvalue weighted by Crippen LogP contribution is -2.40. The quantitative estimate of drug-likeness (QED) is 0.690. The maximum absolute atomic E-state index is 14.2. The number of hydrogen-bond acceptors (Lipinski definition) is 4. The molecular formula is C19H13ClF2N4O. The summed E-state index contributed by atoms with van der Waals surface area (Å²) in [7, 11) is 0. The number of anilines is 2. The van der Waals surface area contributed by atoms with E-state index in [1.165, 1.54) is 4.90 Å². The van der Waals surface area contributed by atoms with E-state index in [4.69, 9.17) is 11.6 Å². The Labute approximate surface area is 158 Å². The predicted molar refractivity (Wildman–Crippen MR) is 98.5 cm³/mol. The smallest absolute Gasteiger partial charge is 0.246 e. The molecule has 8 heteroatoms. The third-order valence-corrected chi connectivity index (χ3v) is 4.73. The van der Waals surface area contributed by atoms with Crippen molar-refractivity contribution in [3.63, 3.8) is 0 Å². The van der Waals surface area contributed by atoms with Gasteiger partial charge in [0.05, 0.1) is 23.8 Å². The Balaban J connectivity index is 1.78. The summed E-state index contributed by atoms with van der Waals surface area (Å²) in [4.78, 5) is 22.3. The van der Waals surface area contributed by atoms with E-state index in [0.717, 1.165) is 23.3 Å². The summed E-state index contributed by atoms with van der Waals surface area (Å²) in [5.74, 6) is -1.23. The van der Waals surface area contributed by atoms with Crippen molar-refractivity contribution >= 4 is 29.0 Å². The van der Waals surface area contributed by atoms with Crippen LogP contribution in [0.2, 0.25) is 5.02 Å². The molecule has 3 aromatic rings. The highest BCUT2D eigenvalue weighted by atomic mass is 35.5. The summed E-state index contributed by atoms with van der Waals surface area (Å²) >= 11 is 5.93. The van der Waals surface area contributed by atoms with Gasteiger partial charge in [0.25, 0.3) is 0 Å². The molecule has 0 unspecified atom stereocenters. The number of aromatic nitrogens is 2. The molecule has 0 fully saturated rings. The molecule has 136 valence electrons. The number of carbonyl (C=O) groups excluding carboxylic acids is 1. The van der Waals surface area contributed by atoms with Gasteiger partial charge < -0.3 is 10.2 Å². The highest BCUT2D eigenvalue weighted by Gasteiger charge is 2.27. The third kappa shape index (κ3) is 3.21. The van der Waals surface area contributed by atoms with Crippen molar-refractivity contribution in [3.8, 4) is 11.1 Å². The first-order valence-corrected chi connectivity index (χ1v) is 8.49. The summed E-state index contributed by atoms with van der Waals surface area (Å²) in [6.45, 7) is -0.199. The molecule has 1 aliphatic rings. The number of carbonyl (C=O) groups is 1. The molecule has 2 aromatic heterocycles. The summed E-state index contributed by atoms with van der Waals surface area (Å²) in [6.07, 6.45) is 4.99. The van der Waals surface area contributed by atoms with E-state index in [2.05, 4.69) is 15.3 Å². The van der Waals surface area contributed by atoms with E-state index in [-0.39, 0.29) is 29.6 Å². The number of nitrogens with one attached hydrogen (secondary N) is 1. The normalized spacial score (nSPS) is 13.3. The zero-order valence-electron chi connectivity index (χ0n) is 13.9. The summed E-state index contributed by atoms with van der Waals surface area (Å²) < 4.78 is 28.0. The molecule has 0 saturated heterocycles. The Morgan fingerprint density at radius 3 is 2.74 bits per heavy atom. The molecule has 1 aliphatic heterocycles. The van der Waals surface area contributed by atoms with Crippen molar-refractivity contribution < 1.29 is 13.6 Å². The first-order chi connectivity index (χ1) is 13.0. The fourth-order valence-electron chi connectivity index (χ4n) is 2.92. The third-order valence-electron chi connectivity index (χ3n) is 4.32. The van der Waals surface area contributed by atoms with Gasteiger partial charge in [-0.1, -0.05) is 17.7 Å². The minimum atomic E-state index is -0.738. The number of fused-ring (bicyclic) bond motifs is 1. The molecule has 5 nitrogen and oxygen atoms in total. The number of rotatable bonds is 3. The molecule has 0 aliphatic carbocycles. The molecule has 0 bridgehead atoms. The lowest BCUT2D eigenvalue weighted by Gasteiger charge is -2.30. The van der Waals surface area contributed by atoms with Crippen LogP contribution in [-0.2, 0) is 11.3 Å². The summed E-state index contributed by atoms with van der Waals surface area (Å²) in [5, 5.41) is 2.59. The molecular weight excluding hydrogens is 374 g/mol. The number of hydrogen-bond donors (Lipinski definition) is 1. The second kappa shape index (κ2) is 6.92. The van der Waals surface area contributed by atoms with Crippen LogP contribution in [0, 0.1) is 11.6 Å². The molecule has 1 aromatic carbocycles. The Hall–Kier alpha value is -3.06. The van der Waals surface area contributed by atoms with Crippen LogP contribution in [0.15, 0.2) is 48.9 Å². The highest BCUT2D eigenvalue weighted by Crippen LogP contribution is 2.34. The van der Waals surface area contributed by atoms with Crippen molar-refractivity contribution in [2.75, 3.05) is 16.8 Å². The van der Waals surface area contributed by atoms with Gasteiger partial charge in [-0.05, 0) is 24.3 Å². The monoisotopic (exact) mass is 386 g/mol. The SMILES string of the molecule is O=C1CNc2ncc(-c3cccnc3)cc2N1Cc1c(F)ccc(F)c1Cl. The van der Waals surface area contributed by atoms with Gasteiger partial charge in [0, 0.05) is 35.3 Å². The second-order valence-corrected chi connectivity index (χ2v) is 6.37. The van der Waals surface area contributed by atoms with Gasteiger partial charge in [-0.15, -0.1) is 0 Å². The number of amides is 1. The fourth-order valence-corrected chi connectivity index (χ4v) is 3.13. The summed E-state index contributed by atoms with van der Waals surface area (Å²) in [6, 6.07) is 7.36. The summed E-state index contributed by atoms with van der Waals surface area (Å²) in [5.41, 5.74) is 1.95. The minimum absolute atomic E-state index is 0.000787. The van der Waals surface area contributed by atoms with Crippen molar-refractivity contribution in [2.45, 2.75) is 6.54 Å². The number of halogens is 3. The molecule has 1 N–H and O–H groups in total. The van der Waals surface area contributed by atoms with E-state index in [0.29, 0.717) is 11.5 Å². The van der Waals surface area contributed by atoms with Gasteiger partial charge in [0.1, 0.15) is 11.6 Å². The van der Waals surface area contributed by atoms with Crippen molar-refractivity contribution in [2.24, 2.45) is 0 Å². The maximum Gasteiger partial charge on any atom is 0.246 e. The average molecular weight is 387 g/mol. The number of nitrogens with zero attached hydrogens (tertiary/aromatic N) is 3. The zero-order valence-corrected chi connectivity index (χ0v) is 14.7. The van der Waals surface area contributed by atoms with Crippen molar-refractivity contribution in [1.29, 1.82) is 0 Å². The topological polar surface area (TPSA) is 58.1 Å². The molecule has 4 rings (SSSR count). The lowest BCUT2D eigenvalue weighted by molar-refractivity contribution is -0.117. The van der Waals surface area contributed by atoms with Crippen molar-refractivity contribution in [1.82, 2.24) is 9.97 Å². The van der Waals surface area contributed by atoms with Gasteiger partial charge in [-0.25, -0.2) is 13.8 Å². The Morgan fingerprint density at radius 1 is 1.15 bits per heavy atom.